The summed E-state index contributed by atoms with van der Waals surface area (Å²) < 4.78 is 11.4. The number of phenols is 1. The van der Waals surface area contributed by atoms with E-state index in [-0.39, 0.29) is 0 Å². The Morgan fingerprint density at radius 2 is 1.73 bits per heavy atom. The first-order valence-electron chi connectivity index (χ1n) is 13.8. The minimum absolute atomic E-state index is 0.362. The fourth-order valence-corrected chi connectivity index (χ4v) is 5.28. The van der Waals surface area contributed by atoms with Crippen LogP contribution in [-0.4, -0.2) is 49.9 Å². The molecule has 3 aromatic carbocycles. The van der Waals surface area contributed by atoms with Gasteiger partial charge in [0, 0.05) is 24.8 Å². The van der Waals surface area contributed by atoms with Gasteiger partial charge in [-0.3, -0.25) is 0 Å². The molecule has 5 heteroatoms. The van der Waals surface area contributed by atoms with Crippen molar-refractivity contribution in [2.24, 2.45) is 0 Å². The van der Waals surface area contributed by atoms with Crippen LogP contribution in [0.15, 0.2) is 60.7 Å². The molecule has 1 unspecified atom stereocenters. The zero-order valence-corrected chi connectivity index (χ0v) is 22.6. The van der Waals surface area contributed by atoms with Gasteiger partial charge in [0.25, 0.3) is 0 Å². The molecule has 1 atom stereocenters. The number of methoxy groups -OCH3 is 1. The van der Waals surface area contributed by atoms with Gasteiger partial charge in [-0.1, -0.05) is 38.1 Å². The van der Waals surface area contributed by atoms with E-state index in [1.54, 1.807) is 13.2 Å². The van der Waals surface area contributed by atoms with Crippen molar-refractivity contribution in [2.75, 3.05) is 45.2 Å². The Morgan fingerprint density at radius 1 is 0.946 bits per heavy atom. The van der Waals surface area contributed by atoms with Gasteiger partial charge in [0.05, 0.1) is 7.11 Å². The first-order chi connectivity index (χ1) is 18.1. The molecule has 37 heavy (non-hydrogen) atoms. The number of aromatic hydroxyl groups is 1. The van der Waals surface area contributed by atoms with Gasteiger partial charge in [-0.2, -0.15) is 0 Å². The minimum Gasteiger partial charge on any atom is -0.508 e. The minimum atomic E-state index is 0.362. The number of fused-ring (bicyclic) bond motifs is 1. The molecule has 0 aromatic heterocycles. The predicted octanol–water partition coefficient (Wildman–Crippen LogP) is 6.44. The number of ether oxygens (including phenoxy) is 2. The van der Waals surface area contributed by atoms with Crippen LogP contribution < -0.4 is 14.8 Å². The number of rotatable bonds is 13. The normalized spacial score (nSPS) is 14.9. The predicted molar refractivity (Wildman–Crippen MR) is 152 cm³/mol. The number of benzene rings is 3. The molecule has 2 N–H and O–H groups in total. The molecule has 0 saturated carbocycles. The largest absolute Gasteiger partial charge is 0.508 e. The Hall–Kier alpha value is -3.18. The third-order valence-corrected chi connectivity index (χ3v) is 7.57. The quantitative estimate of drug-likeness (QED) is 0.264. The van der Waals surface area contributed by atoms with Crippen LogP contribution in [0.1, 0.15) is 54.9 Å². The highest BCUT2D eigenvalue weighted by Gasteiger charge is 2.23. The summed E-state index contributed by atoms with van der Waals surface area (Å²) in [5, 5.41) is 13.5. The van der Waals surface area contributed by atoms with Gasteiger partial charge in [0.2, 0.25) is 0 Å². The number of nitrogens with zero attached hydrogens (tertiary/aromatic N) is 1. The van der Waals surface area contributed by atoms with Crippen molar-refractivity contribution in [1.29, 1.82) is 0 Å². The number of hydrogen-bond donors (Lipinski definition) is 2. The fourth-order valence-electron chi connectivity index (χ4n) is 5.28. The average Bonchev–Trinajstić information content (AvgIpc) is 2.94. The standard InChI is InChI=1S/C32H42N2O3/c1-4-34(5-2)19-20-37-29-14-8-24(9-15-29)7-6-18-33-32-23-30(36-3)16-17-31(32)27-11-10-26-22-28(35)13-12-25(26)21-27/h8-9,12-17,22-23,27,33,35H,4-7,10-11,18-21H2,1-3H3. The Bertz CT molecular complexity index is 1130. The second-order valence-corrected chi connectivity index (χ2v) is 9.90. The first-order valence-corrected chi connectivity index (χ1v) is 13.8. The fraction of sp³-hybridized carbons (Fsp3) is 0.438. The van der Waals surface area contributed by atoms with E-state index in [9.17, 15) is 5.11 Å². The molecular weight excluding hydrogens is 460 g/mol. The molecular formula is C32H42N2O3. The third kappa shape index (κ3) is 7.42. The molecule has 0 bridgehead atoms. The van der Waals surface area contributed by atoms with Crippen molar-refractivity contribution in [1.82, 2.24) is 4.90 Å². The number of anilines is 1. The number of phenolic OH excluding ortho intramolecular Hbond substituents is 1. The van der Waals surface area contributed by atoms with Crippen LogP contribution >= 0.6 is 0 Å². The van der Waals surface area contributed by atoms with Crippen molar-refractivity contribution in [2.45, 2.75) is 51.9 Å². The van der Waals surface area contributed by atoms with E-state index < -0.39 is 0 Å². The van der Waals surface area contributed by atoms with Gasteiger partial charge in [0.15, 0.2) is 0 Å². The molecule has 0 radical (unpaired) electrons. The van der Waals surface area contributed by atoms with Crippen LogP contribution in [0.4, 0.5) is 5.69 Å². The molecule has 0 saturated heterocycles. The van der Waals surface area contributed by atoms with Crippen LogP contribution in [0.2, 0.25) is 0 Å². The monoisotopic (exact) mass is 502 g/mol. The maximum atomic E-state index is 9.83. The number of likely N-dealkylation sites (N-methyl/N-ethyl adjacent to an activating group) is 1. The maximum Gasteiger partial charge on any atom is 0.120 e. The van der Waals surface area contributed by atoms with Gasteiger partial charge in [-0.05, 0) is 104 Å². The van der Waals surface area contributed by atoms with E-state index in [1.807, 2.05) is 6.07 Å². The lowest BCUT2D eigenvalue weighted by molar-refractivity contribution is 0.223. The van der Waals surface area contributed by atoms with Gasteiger partial charge >= 0.3 is 0 Å². The summed E-state index contributed by atoms with van der Waals surface area (Å²) in [5.74, 6) is 2.64. The van der Waals surface area contributed by atoms with Gasteiger partial charge in [0.1, 0.15) is 23.9 Å². The van der Waals surface area contributed by atoms with Gasteiger partial charge < -0.3 is 24.8 Å². The molecule has 0 fully saturated rings. The molecule has 1 aliphatic rings. The number of aryl methyl sites for hydroxylation is 2. The molecule has 5 nitrogen and oxygen atoms in total. The first kappa shape index (κ1) is 26.9. The van der Waals surface area contributed by atoms with E-state index in [0.717, 1.165) is 76.4 Å². The highest BCUT2D eigenvalue weighted by atomic mass is 16.5. The van der Waals surface area contributed by atoms with Crippen molar-refractivity contribution in [3.8, 4) is 17.2 Å². The van der Waals surface area contributed by atoms with Gasteiger partial charge in [-0.15, -0.1) is 0 Å². The molecule has 0 amide bonds. The van der Waals surface area contributed by atoms with E-state index in [0.29, 0.717) is 11.7 Å². The summed E-state index contributed by atoms with van der Waals surface area (Å²) in [6, 6.07) is 20.8. The van der Waals surface area contributed by atoms with Crippen LogP contribution in [-0.2, 0) is 19.3 Å². The van der Waals surface area contributed by atoms with E-state index >= 15 is 0 Å². The van der Waals surface area contributed by atoms with Crippen molar-refractivity contribution in [3.05, 3.63) is 82.9 Å². The summed E-state index contributed by atoms with van der Waals surface area (Å²) in [4.78, 5) is 2.37. The second-order valence-electron chi connectivity index (χ2n) is 9.90. The highest BCUT2D eigenvalue weighted by Crippen LogP contribution is 2.38. The molecule has 1 aliphatic carbocycles. The Kier molecular flexibility index (Phi) is 9.72. The summed E-state index contributed by atoms with van der Waals surface area (Å²) >= 11 is 0. The van der Waals surface area contributed by atoms with E-state index in [1.165, 1.54) is 27.9 Å². The summed E-state index contributed by atoms with van der Waals surface area (Å²) in [6.07, 6.45) is 5.15. The highest BCUT2D eigenvalue weighted by molar-refractivity contribution is 5.57. The molecule has 0 aliphatic heterocycles. The Morgan fingerprint density at radius 3 is 2.49 bits per heavy atom. The van der Waals surface area contributed by atoms with Crippen molar-refractivity contribution >= 4 is 5.69 Å². The maximum absolute atomic E-state index is 9.83. The third-order valence-electron chi connectivity index (χ3n) is 7.57. The zero-order chi connectivity index (χ0) is 26.0. The topological polar surface area (TPSA) is 54.0 Å². The Labute approximate surface area is 222 Å². The van der Waals surface area contributed by atoms with E-state index in [4.69, 9.17) is 9.47 Å². The number of hydrogen-bond acceptors (Lipinski definition) is 5. The number of nitrogens with one attached hydrogen (secondary N) is 1. The van der Waals surface area contributed by atoms with Crippen molar-refractivity contribution < 1.29 is 14.6 Å². The second kappa shape index (κ2) is 13.4. The van der Waals surface area contributed by atoms with Gasteiger partial charge in [-0.25, -0.2) is 0 Å². The molecule has 3 aromatic rings. The van der Waals surface area contributed by atoms with Crippen molar-refractivity contribution in [3.63, 3.8) is 0 Å². The SMILES string of the molecule is CCN(CC)CCOc1ccc(CCCNc2cc(OC)ccc2C2CCc3cc(O)ccc3C2)cc1. The summed E-state index contributed by atoms with van der Waals surface area (Å²) in [6.45, 7) is 9.08. The molecule has 0 spiro atoms. The van der Waals surface area contributed by atoms with E-state index in [2.05, 4.69) is 72.6 Å². The molecule has 198 valence electrons. The summed E-state index contributed by atoms with van der Waals surface area (Å²) in [7, 11) is 1.72. The van der Waals surface area contributed by atoms with Crippen LogP contribution in [0.25, 0.3) is 0 Å². The Balaban J connectivity index is 1.30. The molecule has 0 heterocycles. The van der Waals surface area contributed by atoms with Crippen LogP contribution in [0.5, 0.6) is 17.2 Å². The van der Waals surface area contributed by atoms with Crippen LogP contribution in [0.3, 0.4) is 0 Å². The molecule has 4 rings (SSSR count). The smallest absolute Gasteiger partial charge is 0.120 e. The average molecular weight is 503 g/mol. The van der Waals surface area contributed by atoms with Crippen LogP contribution in [0, 0.1) is 0 Å². The lowest BCUT2D eigenvalue weighted by Gasteiger charge is -2.27. The zero-order valence-electron chi connectivity index (χ0n) is 22.6. The summed E-state index contributed by atoms with van der Waals surface area (Å²) in [5.41, 5.74) is 6.47. The lowest BCUT2D eigenvalue weighted by Crippen LogP contribution is -2.27. The lowest BCUT2D eigenvalue weighted by atomic mass is 9.79.